The summed E-state index contributed by atoms with van der Waals surface area (Å²) in [5.74, 6) is 4.15. The zero-order chi connectivity index (χ0) is 23.1. The van der Waals surface area contributed by atoms with Crippen LogP contribution in [0.5, 0.6) is 17.2 Å². The van der Waals surface area contributed by atoms with Crippen LogP contribution in [0.15, 0.2) is 53.8 Å². The van der Waals surface area contributed by atoms with E-state index in [2.05, 4.69) is 38.3 Å². The number of amides is 1. The van der Waals surface area contributed by atoms with Gasteiger partial charge in [0, 0.05) is 42.2 Å². The van der Waals surface area contributed by atoms with Crippen LogP contribution in [0.2, 0.25) is 0 Å². The zero-order valence-corrected chi connectivity index (χ0v) is 18.8. The molecule has 34 heavy (non-hydrogen) atoms. The lowest BCUT2D eigenvalue weighted by atomic mass is 9.95. The molecule has 8 heteroatoms. The monoisotopic (exact) mass is 455 g/mol. The van der Waals surface area contributed by atoms with Crippen LogP contribution in [0.3, 0.4) is 0 Å². The number of pyridine rings is 1. The minimum atomic E-state index is -0.0168. The maximum Gasteiger partial charge on any atom is 0.225 e. The number of anilines is 1. The van der Waals surface area contributed by atoms with E-state index in [0.717, 1.165) is 40.6 Å². The van der Waals surface area contributed by atoms with Gasteiger partial charge >= 0.3 is 0 Å². The fraction of sp³-hybridized carbons (Fsp3) is 0.308. The number of allylic oxidation sites excluding steroid dienone is 1. The molecule has 2 aromatic heterocycles. The van der Waals surface area contributed by atoms with E-state index in [1.807, 2.05) is 42.8 Å². The van der Waals surface area contributed by atoms with Crippen LogP contribution in [0.1, 0.15) is 47.8 Å². The Morgan fingerprint density at radius 1 is 1.18 bits per heavy atom. The number of carbonyl (C=O) groups excluding carboxylic acids is 1. The van der Waals surface area contributed by atoms with Gasteiger partial charge in [-0.2, -0.15) is 0 Å². The van der Waals surface area contributed by atoms with E-state index in [1.165, 1.54) is 0 Å². The third-order valence-corrected chi connectivity index (χ3v) is 6.65. The summed E-state index contributed by atoms with van der Waals surface area (Å²) in [6.45, 7) is 2.69. The normalized spacial score (nSPS) is 23.0. The first-order chi connectivity index (χ1) is 16.6. The number of ether oxygens (including phenoxy) is 2. The Kier molecular flexibility index (Phi) is 5.13. The summed E-state index contributed by atoms with van der Waals surface area (Å²) < 4.78 is 12.3. The molecule has 0 saturated carbocycles. The van der Waals surface area contributed by atoms with Crippen molar-refractivity contribution in [2.24, 2.45) is 4.99 Å². The lowest BCUT2D eigenvalue weighted by Crippen LogP contribution is -2.21. The number of nitrogens with zero attached hydrogens (tertiary/aromatic N) is 3. The summed E-state index contributed by atoms with van der Waals surface area (Å²) in [4.78, 5) is 28.6. The van der Waals surface area contributed by atoms with Crippen LogP contribution < -0.4 is 14.8 Å². The van der Waals surface area contributed by atoms with Crippen molar-refractivity contribution >= 4 is 17.9 Å². The second kappa shape index (κ2) is 8.44. The number of aromatic nitrogens is 3. The third-order valence-electron chi connectivity index (χ3n) is 6.65. The first kappa shape index (κ1) is 20.7. The molecule has 2 N–H and O–H groups in total. The number of fused-ring (bicyclic) bond motifs is 2. The molecule has 0 bridgehead atoms. The molecule has 5 heterocycles. The predicted octanol–water partition coefficient (Wildman–Crippen LogP) is 4.31. The molecule has 1 aromatic carbocycles. The summed E-state index contributed by atoms with van der Waals surface area (Å²) >= 11 is 0. The van der Waals surface area contributed by atoms with Crippen LogP contribution in [0.25, 0.3) is 0 Å². The number of imidazole rings is 1. The summed E-state index contributed by atoms with van der Waals surface area (Å²) in [5.41, 5.74) is 3.08. The number of rotatable bonds is 4. The van der Waals surface area contributed by atoms with Crippen molar-refractivity contribution in [2.45, 2.75) is 44.1 Å². The molecule has 3 atom stereocenters. The van der Waals surface area contributed by atoms with E-state index in [0.29, 0.717) is 31.0 Å². The fourth-order valence-corrected chi connectivity index (χ4v) is 4.79. The second-order valence-corrected chi connectivity index (χ2v) is 8.94. The van der Waals surface area contributed by atoms with Gasteiger partial charge in [0.2, 0.25) is 5.91 Å². The minimum Gasteiger partial charge on any atom is -0.493 e. The summed E-state index contributed by atoms with van der Waals surface area (Å²) in [7, 11) is 0. The summed E-state index contributed by atoms with van der Waals surface area (Å²) in [5, 5.41) is 2.82. The van der Waals surface area contributed by atoms with Crippen LogP contribution in [-0.4, -0.2) is 39.7 Å². The van der Waals surface area contributed by atoms with Crippen molar-refractivity contribution in [3.8, 4) is 17.2 Å². The molecule has 172 valence electrons. The molecule has 0 radical (unpaired) electrons. The van der Waals surface area contributed by atoms with Gasteiger partial charge in [-0.25, -0.2) is 9.97 Å². The second-order valence-electron chi connectivity index (χ2n) is 8.94. The van der Waals surface area contributed by atoms with E-state index < -0.39 is 0 Å². The Hall–Kier alpha value is -3.94. The number of hydrogen-bond donors (Lipinski definition) is 2. The summed E-state index contributed by atoms with van der Waals surface area (Å²) in [6.07, 6.45) is 11.4. The van der Waals surface area contributed by atoms with Crippen LogP contribution >= 0.6 is 0 Å². The minimum absolute atomic E-state index is 0.0168. The SMILES string of the molecule is CC1N=CC=CC1c1cnc(C2COc3ccc(Oc4ccnc5c4CCC(=O)N5)cc3C2)[nH]1. The van der Waals surface area contributed by atoms with Gasteiger partial charge in [0.05, 0.1) is 18.6 Å². The van der Waals surface area contributed by atoms with Crippen molar-refractivity contribution in [3.05, 3.63) is 71.5 Å². The Morgan fingerprint density at radius 3 is 3.03 bits per heavy atom. The molecule has 3 aliphatic heterocycles. The van der Waals surface area contributed by atoms with E-state index in [4.69, 9.17) is 9.47 Å². The van der Waals surface area contributed by atoms with Crippen molar-refractivity contribution in [3.63, 3.8) is 0 Å². The summed E-state index contributed by atoms with van der Waals surface area (Å²) in [6, 6.07) is 7.92. The molecule has 3 unspecified atom stereocenters. The van der Waals surface area contributed by atoms with Crippen LogP contribution in [-0.2, 0) is 17.6 Å². The lowest BCUT2D eigenvalue weighted by molar-refractivity contribution is -0.116. The number of aliphatic imine (C=N–C) groups is 1. The first-order valence-electron chi connectivity index (χ1n) is 11.6. The number of hydrogen-bond acceptors (Lipinski definition) is 6. The molecule has 3 aliphatic rings. The molecule has 0 spiro atoms. The highest BCUT2D eigenvalue weighted by atomic mass is 16.5. The molecule has 6 rings (SSSR count). The smallest absolute Gasteiger partial charge is 0.225 e. The van der Waals surface area contributed by atoms with Crippen molar-refractivity contribution in [2.75, 3.05) is 11.9 Å². The molecule has 8 nitrogen and oxygen atoms in total. The number of dihydropyridines is 1. The first-order valence-corrected chi connectivity index (χ1v) is 11.6. The Bertz CT molecular complexity index is 1310. The Balaban J connectivity index is 1.21. The molecule has 0 saturated heterocycles. The molecule has 0 fully saturated rings. The third kappa shape index (κ3) is 3.85. The Labute approximate surface area is 197 Å². The van der Waals surface area contributed by atoms with Crippen molar-refractivity contribution in [1.82, 2.24) is 15.0 Å². The predicted molar refractivity (Wildman–Crippen MR) is 128 cm³/mol. The standard InChI is InChI=1S/C26H25N5O3/c1-15-19(3-2-9-27-15)21-13-29-25(30-21)17-11-16-12-18(4-6-22(16)33-14-17)34-23-8-10-28-26-20(23)5-7-24(32)31-26/h2-4,6,8-10,12-13,15,17,19H,5,7,11,14H2,1H3,(H,29,30)(H,28,31,32). The highest BCUT2D eigenvalue weighted by molar-refractivity contribution is 5.93. The van der Waals surface area contributed by atoms with Crippen LogP contribution in [0, 0.1) is 0 Å². The van der Waals surface area contributed by atoms with Gasteiger partial charge in [-0.3, -0.25) is 9.79 Å². The quantitative estimate of drug-likeness (QED) is 0.610. The van der Waals surface area contributed by atoms with E-state index >= 15 is 0 Å². The van der Waals surface area contributed by atoms with E-state index in [1.54, 1.807) is 6.20 Å². The Morgan fingerprint density at radius 2 is 2.12 bits per heavy atom. The molecule has 3 aromatic rings. The van der Waals surface area contributed by atoms with Gasteiger partial charge in [0.25, 0.3) is 0 Å². The number of H-pyrrole nitrogens is 1. The van der Waals surface area contributed by atoms with Crippen molar-refractivity contribution < 1.29 is 14.3 Å². The highest BCUT2D eigenvalue weighted by Crippen LogP contribution is 2.37. The maximum absolute atomic E-state index is 11.7. The number of nitrogens with one attached hydrogen (secondary N) is 2. The van der Waals surface area contributed by atoms with E-state index in [-0.39, 0.29) is 23.8 Å². The average Bonchev–Trinajstić information content (AvgIpc) is 3.34. The van der Waals surface area contributed by atoms with Gasteiger partial charge in [-0.15, -0.1) is 0 Å². The average molecular weight is 456 g/mol. The molecular formula is C26H25N5O3. The zero-order valence-electron chi connectivity index (χ0n) is 18.8. The van der Waals surface area contributed by atoms with Gasteiger partial charge in [-0.1, -0.05) is 6.08 Å². The lowest BCUT2D eigenvalue weighted by Gasteiger charge is -2.25. The number of carbonyl (C=O) groups is 1. The van der Waals surface area contributed by atoms with Crippen molar-refractivity contribution in [1.29, 1.82) is 0 Å². The molecule has 1 amide bonds. The van der Waals surface area contributed by atoms with Gasteiger partial charge < -0.3 is 19.8 Å². The van der Waals surface area contributed by atoms with Gasteiger partial charge in [-0.05, 0) is 55.7 Å². The fourth-order valence-electron chi connectivity index (χ4n) is 4.79. The largest absolute Gasteiger partial charge is 0.493 e. The van der Waals surface area contributed by atoms with E-state index in [9.17, 15) is 4.79 Å². The topological polar surface area (TPSA) is 101 Å². The molecule has 0 aliphatic carbocycles. The number of aromatic amines is 1. The molecular weight excluding hydrogens is 430 g/mol. The number of benzene rings is 1. The maximum atomic E-state index is 11.7. The van der Waals surface area contributed by atoms with Gasteiger partial charge in [0.1, 0.15) is 28.9 Å². The van der Waals surface area contributed by atoms with Gasteiger partial charge in [0.15, 0.2) is 0 Å². The van der Waals surface area contributed by atoms with Crippen LogP contribution in [0.4, 0.5) is 5.82 Å². The highest BCUT2D eigenvalue weighted by Gasteiger charge is 2.27.